The van der Waals surface area contributed by atoms with Gasteiger partial charge in [0.2, 0.25) is 0 Å². The monoisotopic (exact) mass is 273 g/mol. The van der Waals surface area contributed by atoms with E-state index in [9.17, 15) is 0 Å². The largest absolute Gasteiger partial charge is 0.297 e. The Morgan fingerprint density at radius 2 is 2.43 bits per heavy atom. The summed E-state index contributed by atoms with van der Waals surface area (Å²) in [5.41, 5.74) is 1.24. The molecule has 2 heterocycles. The normalized spacial score (nSPS) is 18.1. The maximum absolute atomic E-state index is 5.49. The molecule has 0 spiro atoms. The molecule has 0 aliphatic carbocycles. The van der Waals surface area contributed by atoms with E-state index >= 15 is 0 Å². The minimum absolute atomic E-state index is 0.616. The zero-order valence-electron chi connectivity index (χ0n) is 7.69. The molecule has 1 aromatic rings. The summed E-state index contributed by atoms with van der Waals surface area (Å²) >= 11 is 4.90. The van der Waals surface area contributed by atoms with Crippen molar-refractivity contribution in [2.75, 3.05) is 13.1 Å². The molecular formula is C9H12BrN3S. The molecule has 0 bridgehead atoms. The molecule has 1 aliphatic rings. The highest BCUT2D eigenvalue weighted by Crippen LogP contribution is 2.22. The molecule has 0 atom stereocenters. The van der Waals surface area contributed by atoms with Crippen molar-refractivity contribution in [3.8, 4) is 0 Å². The van der Waals surface area contributed by atoms with Gasteiger partial charge in [-0.2, -0.15) is 0 Å². The Labute approximate surface area is 96.3 Å². The zero-order chi connectivity index (χ0) is 9.97. The average Bonchev–Trinajstić information content (AvgIpc) is 2.13. The van der Waals surface area contributed by atoms with Gasteiger partial charge >= 0.3 is 0 Å². The smallest absolute Gasteiger partial charge is 0.110 e. The van der Waals surface area contributed by atoms with Gasteiger partial charge in [0.25, 0.3) is 0 Å². The Hall–Kier alpha value is -0.100. The Bertz CT molecular complexity index is 315. The predicted octanol–water partition coefficient (Wildman–Crippen LogP) is 1.64. The first-order chi connectivity index (χ1) is 6.79. The van der Waals surface area contributed by atoms with Gasteiger partial charge in [0, 0.05) is 31.1 Å². The topological polar surface area (TPSA) is 42.1 Å². The molecule has 76 valence electrons. The highest BCUT2D eigenvalue weighted by Gasteiger charge is 2.26. The van der Waals surface area contributed by atoms with Crippen LogP contribution in [0.3, 0.4) is 0 Å². The first kappa shape index (κ1) is 10.4. The first-order valence-corrected chi connectivity index (χ1v) is 6.20. The Kier molecular flexibility index (Phi) is 3.43. The molecule has 2 N–H and O–H groups in total. The second-order valence-electron chi connectivity index (χ2n) is 3.41. The first-order valence-electron chi connectivity index (χ1n) is 4.47. The number of pyridine rings is 1. The van der Waals surface area contributed by atoms with E-state index in [0.29, 0.717) is 5.25 Å². The lowest BCUT2D eigenvalue weighted by molar-refractivity contribution is 0.181. The summed E-state index contributed by atoms with van der Waals surface area (Å²) in [6.07, 6.45) is 1.79. The number of rotatable bonds is 3. The fourth-order valence-electron chi connectivity index (χ4n) is 1.52. The van der Waals surface area contributed by atoms with E-state index < -0.39 is 0 Å². The molecule has 1 saturated heterocycles. The van der Waals surface area contributed by atoms with E-state index in [0.717, 1.165) is 24.2 Å². The zero-order valence-corrected chi connectivity index (χ0v) is 10.1. The van der Waals surface area contributed by atoms with E-state index in [1.54, 1.807) is 6.20 Å². The number of nitrogens with zero attached hydrogens (tertiary/aromatic N) is 2. The van der Waals surface area contributed by atoms with Crippen LogP contribution in [0.2, 0.25) is 0 Å². The van der Waals surface area contributed by atoms with Crippen molar-refractivity contribution in [1.29, 1.82) is 0 Å². The molecule has 1 fully saturated rings. The van der Waals surface area contributed by atoms with Crippen molar-refractivity contribution in [3.05, 3.63) is 28.5 Å². The number of aromatic nitrogens is 1. The maximum Gasteiger partial charge on any atom is 0.110 e. The van der Waals surface area contributed by atoms with Crippen molar-refractivity contribution >= 4 is 27.9 Å². The summed E-state index contributed by atoms with van der Waals surface area (Å²) in [5.74, 6) is 0. The third-order valence-electron chi connectivity index (χ3n) is 2.35. The lowest BCUT2D eigenvalue weighted by atomic mass is 10.2. The summed E-state index contributed by atoms with van der Waals surface area (Å²) in [4.78, 5) is 6.56. The summed E-state index contributed by atoms with van der Waals surface area (Å²) in [6, 6.07) is 4.06. The second-order valence-corrected chi connectivity index (χ2v) is 5.10. The van der Waals surface area contributed by atoms with Crippen molar-refractivity contribution in [3.63, 3.8) is 0 Å². The van der Waals surface area contributed by atoms with Crippen LogP contribution in [0.1, 0.15) is 5.56 Å². The highest BCUT2D eigenvalue weighted by atomic mass is 79.9. The van der Waals surface area contributed by atoms with E-state index in [1.807, 2.05) is 6.07 Å². The summed E-state index contributed by atoms with van der Waals surface area (Å²) in [5, 5.41) is 6.10. The predicted molar refractivity (Wildman–Crippen MR) is 62.8 cm³/mol. The summed E-state index contributed by atoms with van der Waals surface area (Å²) in [6.45, 7) is 3.14. The number of halogens is 1. The Morgan fingerprint density at radius 3 is 3.07 bits per heavy atom. The maximum atomic E-state index is 5.49. The lowest BCUT2D eigenvalue weighted by Crippen LogP contribution is -2.48. The van der Waals surface area contributed by atoms with E-state index in [4.69, 9.17) is 5.14 Å². The molecule has 0 radical (unpaired) electrons. The molecule has 5 heteroatoms. The van der Waals surface area contributed by atoms with E-state index in [-0.39, 0.29) is 0 Å². The van der Waals surface area contributed by atoms with E-state index in [1.165, 1.54) is 17.5 Å². The van der Waals surface area contributed by atoms with Gasteiger partial charge in [-0.25, -0.2) is 4.98 Å². The lowest BCUT2D eigenvalue weighted by Gasteiger charge is -2.37. The average molecular weight is 274 g/mol. The molecule has 2 rings (SSSR count). The number of likely N-dealkylation sites (tertiary alicyclic amines) is 1. The van der Waals surface area contributed by atoms with Gasteiger partial charge in [-0.3, -0.25) is 10.0 Å². The SMILES string of the molecule is NSC1CN(Cc2cccnc2Br)C1. The number of hydrogen-bond donors (Lipinski definition) is 1. The van der Waals surface area contributed by atoms with Crippen molar-refractivity contribution in [2.24, 2.45) is 5.14 Å². The minimum Gasteiger partial charge on any atom is -0.297 e. The van der Waals surface area contributed by atoms with E-state index in [2.05, 4.69) is 31.9 Å². The molecule has 0 saturated carbocycles. The van der Waals surface area contributed by atoms with Crippen LogP contribution < -0.4 is 5.14 Å². The van der Waals surface area contributed by atoms with Gasteiger partial charge < -0.3 is 0 Å². The fourth-order valence-corrected chi connectivity index (χ4v) is 2.49. The van der Waals surface area contributed by atoms with Crippen LogP contribution in [0.4, 0.5) is 0 Å². The minimum atomic E-state index is 0.616. The fraction of sp³-hybridized carbons (Fsp3) is 0.444. The van der Waals surface area contributed by atoms with Crippen LogP contribution in [0.25, 0.3) is 0 Å². The van der Waals surface area contributed by atoms with Crippen LogP contribution in [-0.2, 0) is 6.54 Å². The number of hydrogen-bond acceptors (Lipinski definition) is 4. The molecule has 3 nitrogen and oxygen atoms in total. The third-order valence-corrected chi connectivity index (χ3v) is 3.74. The molecule has 0 amide bonds. The quantitative estimate of drug-likeness (QED) is 0.672. The van der Waals surface area contributed by atoms with Crippen molar-refractivity contribution in [2.45, 2.75) is 11.8 Å². The van der Waals surface area contributed by atoms with Gasteiger partial charge in [-0.05, 0) is 27.6 Å². The second kappa shape index (κ2) is 4.61. The highest BCUT2D eigenvalue weighted by molar-refractivity contribution is 9.10. The van der Waals surface area contributed by atoms with Crippen LogP contribution >= 0.6 is 27.9 Å². The van der Waals surface area contributed by atoms with Gasteiger partial charge in [-0.15, -0.1) is 0 Å². The van der Waals surface area contributed by atoms with Crippen LogP contribution in [0.5, 0.6) is 0 Å². The van der Waals surface area contributed by atoms with Crippen LogP contribution in [0, 0.1) is 0 Å². The standard InChI is InChI=1S/C9H12BrN3S/c10-9-7(2-1-3-12-9)4-13-5-8(6-13)14-11/h1-3,8H,4-6,11H2. The number of nitrogens with two attached hydrogens (primary N) is 1. The Morgan fingerprint density at radius 1 is 1.64 bits per heavy atom. The molecule has 14 heavy (non-hydrogen) atoms. The van der Waals surface area contributed by atoms with Gasteiger partial charge in [-0.1, -0.05) is 18.0 Å². The molecule has 0 unspecified atom stereocenters. The van der Waals surface area contributed by atoms with Crippen LogP contribution in [0.15, 0.2) is 22.9 Å². The summed E-state index contributed by atoms with van der Waals surface area (Å²) in [7, 11) is 0. The third kappa shape index (κ3) is 2.28. The van der Waals surface area contributed by atoms with Crippen molar-refractivity contribution < 1.29 is 0 Å². The Balaban J connectivity index is 1.90. The van der Waals surface area contributed by atoms with Gasteiger partial charge in [0.15, 0.2) is 0 Å². The van der Waals surface area contributed by atoms with Gasteiger partial charge in [0.1, 0.15) is 4.60 Å². The molecule has 1 aliphatic heterocycles. The summed E-state index contributed by atoms with van der Waals surface area (Å²) < 4.78 is 0.948. The molecular weight excluding hydrogens is 262 g/mol. The van der Waals surface area contributed by atoms with Crippen LogP contribution in [-0.4, -0.2) is 28.2 Å². The molecule has 1 aromatic heterocycles. The van der Waals surface area contributed by atoms with Gasteiger partial charge in [0.05, 0.1) is 0 Å². The van der Waals surface area contributed by atoms with Crippen molar-refractivity contribution in [1.82, 2.24) is 9.88 Å². The molecule has 0 aromatic carbocycles.